The first-order valence-electron chi connectivity index (χ1n) is 9.03. The van der Waals surface area contributed by atoms with Gasteiger partial charge in [-0.15, -0.1) is 0 Å². The molecule has 2 heterocycles. The molecule has 0 radical (unpaired) electrons. The van der Waals surface area contributed by atoms with Crippen molar-refractivity contribution >= 4 is 35.1 Å². The lowest BCUT2D eigenvalue weighted by atomic mass is 10.1. The summed E-state index contributed by atoms with van der Waals surface area (Å²) in [6, 6.07) is 8.31. The van der Waals surface area contributed by atoms with Crippen LogP contribution in [0.15, 0.2) is 40.3 Å². The molecule has 1 saturated carbocycles. The number of nitrogens with one attached hydrogen (secondary N) is 2. The van der Waals surface area contributed by atoms with Gasteiger partial charge in [-0.25, -0.2) is 9.79 Å². The van der Waals surface area contributed by atoms with Gasteiger partial charge in [-0.2, -0.15) is 14.8 Å². The lowest BCUT2D eigenvalue weighted by Crippen LogP contribution is -2.29. The lowest BCUT2D eigenvalue weighted by molar-refractivity contribution is -0.119. The van der Waals surface area contributed by atoms with Crippen molar-refractivity contribution in [3.63, 3.8) is 0 Å². The van der Waals surface area contributed by atoms with Crippen LogP contribution in [0.2, 0.25) is 0 Å². The van der Waals surface area contributed by atoms with Crippen LogP contribution in [0.25, 0.3) is 0 Å². The second kappa shape index (κ2) is 7.26. The Morgan fingerprint density at radius 1 is 1.25 bits per heavy atom. The predicted octanol–water partition coefficient (Wildman–Crippen LogP) is 2.83. The molecule has 0 saturated heterocycles. The molecule has 4 rings (SSSR count). The van der Waals surface area contributed by atoms with Crippen LogP contribution in [0.5, 0.6) is 5.75 Å². The maximum atomic E-state index is 12.5. The molecule has 0 bridgehead atoms. The van der Waals surface area contributed by atoms with E-state index in [1.807, 2.05) is 6.07 Å². The standard InChI is InChI=1S/C19H20N6O3/c1-11-10-16(22-19(27)21-14-7-3-4-9-15(14)28-2)25(24-11)18-20-13-8-5-6-12(13)17(26)23-18/h3-4,7,9-10,12H,5-6,8H2,1-2H3,(H2,21,22,27). The Hall–Kier alpha value is -3.49. The van der Waals surface area contributed by atoms with Gasteiger partial charge in [0.05, 0.1) is 24.4 Å². The number of para-hydroxylation sites is 2. The van der Waals surface area contributed by atoms with Crippen molar-refractivity contribution in [2.45, 2.75) is 26.2 Å². The van der Waals surface area contributed by atoms with Gasteiger partial charge >= 0.3 is 6.03 Å². The number of rotatable bonds is 3. The Kier molecular flexibility index (Phi) is 4.64. The van der Waals surface area contributed by atoms with Crippen LogP contribution < -0.4 is 15.4 Å². The highest BCUT2D eigenvalue weighted by atomic mass is 16.5. The number of fused-ring (bicyclic) bond motifs is 1. The average molecular weight is 380 g/mol. The van der Waals surface area contributed by atoms with E-state index in [1.54, 1.807) is 31.2 Å². The highest BCUT2D eigenvalue weighted by Gasteiger charge is 2.33. The molecular weight excluding hydrogens is 360 g/mol. The van der Waals surface area contributed by atoms with Gasteiger partial charge in [0.15, 0.2) is 0 Å². The van der Waals surface area contributed by atoms with E-state index in [4.69, 9.17) is 4.74 Å². The van der Waals surface area contributed by atoms with Crippen molar-refractivity contribution in [3.8, 4) is 5.75 Å². The highest BCUT2D eigenvalue weighted by Crippen LogP contribution is 2.28. The Morgan fingerprint density at radius 2 is 2.07 bits per heavy atom. The number of anilines is 2. The van der Waals surface area contributed by atoms with Crippen LogP contribution >= 0.6 is 0 Å². The number of aryl methyl sites for hydroxylation is 1. The fraction of sp³-hybridized carbons (Fsp3) is 0.316. The van der Waals surface area contributed by atoms with E-state index in [0.717, 1.165) is 25.0 Å². The Morgan fingerprint density at radius 3 is 2.89 bits per heavy atom. The lowest BCUT2D eigenvalue weighted by Gasteiger charge is -2.15. The number of aliphatic imine (C=N–C) groups is 2. The minimum Gasteiger partial charge on any atom is -0.495 e. The Labute approximate surface area is 161 Å². The van der Waals surface area contributed by atoms with Crippen molar-refractivity contribution in [2.75, 3.05) is 17.7 Å². The Bertz CT molecular complexity index is 1010. The first kappa shape index (κ1) is 17.9. The summed E-state index contributed by atoms with van der Waals surface area (Å²) >= 11 is 0. The quantitative estimate of drug-likeness (QED) is 0.853. The second-order valence-corrected chi connectivity index (χ2v) is 6.66. The van der Waals surface area contributed by atoms with Gasteiger partial charge in [-0.05, 0) is 38.3 Å². The zero-order valence-electron chi connectivity index (χ0n) is 15.6. The van der Waals surface area contributed by atoms with Crippen molar-refractivity contribution in [1.29, 1.82) is 0 Å². The number of amides is 3. The van der Waals surface area contributed by atoms with Gasteiger partial charge in [0.25, 0.3) is 11.9 Å². The van der Waals surface area contributed by atoms with Crippen LogP contribution in [-0.2, 0) is 4.79 Å². The minimum atomic E-state index is -0.472. The molecule has 28 heavy (non-hydrogen) atoms. The zero-order chi connectivity index (χ0) is 19.7. The molecule has 1 aromatic carbocycles. The molecule has 2 aliphatic rings. The monoisotopic (exact) mass is 380 g/mol. The molecule has 1 atom stereocenters. The molecule has 1 aliphatic carbocycles. The topological polar surface area (TPSA) is 110 Å². The molecule has 1 unspecified atom stereocenters. The number of benzene rings is 1. The van der Waals surface area contributed by atoms with E-state index in [-0.39, 0.29) is 17.8 Å². The first-order valence-corrected chi connectivity index (χ1v) is 9.03. The first-order chi connectivity index (χ1) is 13.5. The van der Waals surface area contributed by atoms with Crippen molar-refractivity contribution in [2.24, 2.45) is 15.9 Å². The van der Waals surface area contributed by atoms with Gasteiger partial charge in [0.1, 0.15) is 11.6 Å². The number of carbonyl (C=O) groups is 2. The summed E-state index contributed by atoms with van der Waals surface area (Å²) in [5.74, 6) is 0.695. The number of ether oxygens (including phenoxy) is 1. The number of nitrogens with zero attached hydrogens (tertiary/aromatic N) is 4. The third-order valence-corrected chi connectivity index (χ3v) is 4.70. The molecule has 2 N–H and O–H groups in total. The van der Waals surface area contributed by atoms with Gasteiger partial charge in [0.2, 0.25) is 0 Å². The molecule has 1 aliphatic heterocycles. The number of urea groups is 1. The number of hydrogen-bond donors (Lipinski definition) is 2. The fourth-order valence-electron chi connectivity index (χ4n) is 3.41. The largest absolute Gasteiger partial charge is 0.495 e. The van der Waals surface area contributed by atoms with Crippen molar-refractivity contribution in [3.05, 3.63) is 36.0 Å². The Balaban J connectivity index is 1.57. The van der Waals surface area contributed by atoms with Gasteiger partial charge in [0, 0.05) is 11.8 Å². The molecule has 144 valence electrons. The molecule has 3 amide bonds. The van der Waals surface area contributed by atoms with E-state index < -0.39 is 6.03 Å². The second-order valence-electron chi connectivity index (χ2n) is 6.66. The number of carbonyl (C=O) groups excluding carboxylic acids is 2. The predicted molar refractivity (Wildman–Crippen MR) is 105 cm³/mol. The third kappa shape index (κ3) is 3.38. The van der Waals surface area contributed by atoms with Crippen LogP contribution in [0, 0.1) is 12.8 Å². The van der Waals surface area contributed by atoms with Gasteiger partial charge < -0.3 is 10.1 Å². The van der Waals surface area contributed by atoms with Gasteiger partial charge in [-0.1, -0.05) is 12.1 Å². The third-order valence-electron chi connectivity index (χ3n) is 4.70. The maximum absolute atomic E-state index is 12.5. The van der Waals surface area contributed by atoms with E-state index >= 15 is 0 Å². The average Bonchev–Trinajstić information content (AvgIpc) is 3.28. The molecule has 1 aromatic heterocycles. The van der Waals surface area contributed by atoms with E-state index in [9.17, 15) is 9.59 Å². The number of methoxy groups -OCH3 is 1. The van der Waals surface area contributed by atoms with Crippen LogP contribution in [-0.4, -0.2) is 40.5 Å². The highest BCUT2D eigenvalue weighted by molar-refractivity contribution is 6.17. The van der Waals surface area contributed by atoms with Crippen molar-refractivity contribution < 1.29 is 14.3 Å². The number of hydrogen-bond acceptors (Lipinski definition) is 5. The minimum absolute atomic E-state index is 0.179. The van der Waals surface area contributed by atoms with Crippen molar-refractivity contribution in [1.82, 2.24) is 9.78 Å². The summed E-state index contributed by atoms with van der Waals surface area (Å²) in [7, 11) is 1.53. The smallest absolute Gasteiger partial charge is 0.324 e. The summed E-state index contributed by atoms with van der Waals surface area (Å²) in [5.41, 5.74) is 2.04. The normalized spacial score (nSPS) is 18.2. The summed E-state index contributed by atoms with van der Waals surface area (Å²) in [5, 5.41) is 9.81. The summed E-state index contributed by atoms with van der Waals surface area (Å²) in [6.07, 6.45) is 2.51. The van der Waals surface area contributed by atoms with Crippen LogP contribution in [0.1, 0.15) is 25.0 Å². The molecule has 2 aromatic rings. The van der Waals surface area contributed by atoms with E-state index in [2.05, 4.69) is 25.7 Å². The SMILES string of the molecule is COc1ccccc1NC(=O)Nc1cc(C)nn1C1=NC(=O)C2CCCC2=N1. The van der Waals surface area contributed by atoms with E-state index in [1.165, 1.54) is 11.8 Å². The molecule has 1 fully saturated rings. The molecule has 9 nitrogen and oxygen atoms in total. The fourth-order valence-corrected chi connectivity index (χ4v) is 3.41. The summed E-state index contributed by atoms with van der Waals surface area (Å²) < 4.78 is 6.62. The molecular formula is C19H20N6O3. The van der Waals surface area contributed by atoms with E-state index in [0.29, 0.717) is 22.9 Å². The summed E-state index contributed by atoms with van der Waals surface area (Å²) in [4.78, 5) is 33.4. The molecule has 9 heteroatoms. The van der Waals surface area contributed by atoms with Crippen LogP contribution in [0.3, 0.4) is 0 Å². The molecule has 0 spiro atoms. The van der Waals surface area contributed by atoms with Crippen LogP contribution in [0.4, 0.5) is 16.3 Å². The maximum Gasteiger partial charge on any atom is 0.324 e. The van der Waals surface area contributed by atoms with Gasteiger partial charge in [-0.3, -0.25) is 10.1 Å². The summed E-state index contributed by atoms with van der Waals surface area (Å²) in [6.45, 7) is 1.79. The zero-order valence-corrected chi connectivity index (χ0v) is 15.6. The number of aromatic nitrogens is 2.